The summed E-state index contributed by atoms with van der Waals surface area (Å²) >= 11 is 1.52. The molecule has 0 saturated carbocycles. The summed E-state index contributed by atoms with van der Waals surface area (Å²) < 4.78 is 12.9. The number of amides is 1. The molecule has 1 aliphatic heterocycles. The van der Waals surface area contributed by atoms with Gasteiger partial charge in [0.05, 0.1) is 5.69 Å². The fraction of sp³-hybridized carbons (Fsp3) is 0.333. The molecule has 1 N–H and O–H groups in total. The van der Waals surface area contributed by atoms with Gasteiger partial charge >= 0.3 is 0 Å². The van der Waals surface area contributed by atoms with Gasteiger partial charge in [0.25, 0.3) is 5.91 Å². The minimum Gasteiger partial charge on any atom is -0.298 e. The van der Waals surface area contributed by atoms with E-state index in [1.54, 1.807) is 0 Å². The number of benzene rings is 1. The Labute approximate surface area is 138 Å². The number of carbonyl (C=O) groups excluding carboxylic acids is 1. The van der Waals surface area contributed by atoms with Gasteiger partial charge in [-0.2, -0.15) is 0 Å². The largest absolute Gasteiger partial charge is 0.298 e. The van der Waals surface area contributed by atoms with Crippen LogP contribution in [0.1, 0.15) is 27.9 Å². The molecule has 0 fully saturated rings. The monoisotopic (exact) mass is 341 g/mol. The van der Waals surface area contributed by atoms with Gasteiger partial charge < -0.3 is 0 Å². The number of fused-ring (bicyclic) bond motifs is 1. The number of anilines is 1. The number of hydrogen-bond acceptors (Lipinski definition) is 4. The van der Waals surface area contributed by atoms with Gasteiger partial charge in [0.1, 0.15) is 5.82 Å². The molecule has 1 amide bonds. The van der Waals surface area contributed by atoms with E-state index in [9.17, 15) is 9.18 Å². The van der Waals surface area contributed by atoms with Gasteiger partial charge in [0.2, 0.25) is 0 Å². The molecule has 0 aliphatic carbocycles. The molecule has 4 nitrogen and oxygen atoms in total. The predicted octanol–water partition coefficient (Wildman–Crippen LogP) is 3.33. The van der Waals surface area contributed by atoms with Crippen molar-refractivity contribution in [1.82, 2.24) is 9.88 Å². The first-order chi connectivity index (χ1) is 10.2. The molecule has 1 aromatic heterocycles. The van der Waals surface area contributed by atoms with E-state index in [0.717, 1.165) is 31.7 Å². The quantitative estimate of drug-likeness (QED) is 0.931. The third kappa shape index (κ3) is 3.63. The van der Waals surface area contributed by atoms with Crippen LogP contribution in [0.2, 0.25) is 0 Å². The van der Waals surface area contributed by atoms with E-state index in [2.05, 4.69) is 22.1 Å². The number of nitrogens with zero attached hydrogens (tertiary/aromatic N) is 2. The molecule has 3 rings (SSSR count). The second kappa shape index (κ2) is 7.17. The van der Waals surface area contributed by atoms with Crippen molar-refractivity contribution in [2.75, 3.05) is 18.4 Å². The van der Waals surface area contributed by atoms with E-state index in [4.69, 9.17) is 0 Å². The van der Waals surface area contributed by atoms with Crippen LogP contribution < -0.4 is 5.32 Å². The van der Waals surface area contributed by atoms with Crippen molar-refractivity contribution in [2.24, 2.45) is 0 Å². The van der Waals surface area contributed by atoms with Crippen LogP contribution >= 0.6 is 23.7 Å². The number of nitrogens with one attached hydrogen (secondary N) is 1. The standard InChI is InChI=1S/C15H16FN3OS.ClH/c1-2-19-8-7-12-13(9-19)21-15(17-12)18-14(20)10-3-5-11(16)6-4-10;/h3-6H,2,7-9H2,1H3,(H,17,18,20);1H. The number of likely N-dealkylation sites (N-methyl/N-ethyl adjacent to an activating group) is 1. The Hall–Kier alpha value is -1.50. The van der Waals surface area contributed by atoms with Crippen LogP contribution in [0.15, 0.2) is 24.3 Å². The average molecular weight is 342 g/mol. The number of halogens is 2. The summed E-state index contributed by atoms with van der Waals surface area (Å²) in [5.74, 6) is -0.607. The fourth-order valence-electron chi connectivity index (χ4n) is 2.34. The SMILES string of the molecule is CCN1CCc2nc(NC(=O)c3ccc(F)cc3)sc2C1.Cl. The van der Waals surface area contributed by atoms with Crippen LogP contribution in [-0.4, -0.2) is 28.9 Å². The van der Waals surface area contributed by atoms with Crippen molar-refractivity contribution >= 4 is 34.8 Å². The van der Waals surface area contributed by atoms with E-state index in [0.29, 0.717) is 10.7 Å². The van der Waals surface area contributed by atoms with Crippen LogP contribution in [0.4, 0.5) is 9.52 Å². The number of rotatable bonds is 3. The first-order valence-corrected chi connectivity index (χ1v) is 7.75. The number of thiazole rings is 1. The molecule has 0 spiro atoms. The molecule has 0 saturated heterocycles. The Bertz CT molecular complexity index is 659. The van der Waals surface area contributed by atoms with Crippen molar-refractivity contribution in [3.05, 3.63) is 46.2 Å². The topological polar surface area (TPSA) is 45.2 Å². The second-order valence-corrected chi connectivity index (χ2v) is 6.05. The summed E-state index contributed by atoms with van der Waals surface area (Å²) in [7, 11) is 0. The number of carbonyl (C=O) groups is 1. The van der Waals surface area contributed by atoms with E-state index in [1.165, 1.54) is 40.5 Å². The Balaban J connectivity index is 0.00000176. The lowest BCUT2D eigenvalue weighted by atomic mass is 10.2. The van der Waals surface area contributed by atoms with E-state index < -0.39 is 0 Å². The highest BCUT2D eigenvalue weighted by Gasteiger charge is 2.20. The zero-order valence-electron chi connectivity index (χ0n) is 12.1. The van der Waals surface area contributed by atoms with E-state index in [1.807, 2.05) is 0 Å². The van der Waals surface area contributed by atoms with Crippen molar-refractivity contribution < 1.29 is 9.18 Å². The van der Waals surface area contributed by atoms with Gasteiger partial charge in [-0.3, -0.25) is 15.0 Å². The molecule has 2 aromatic rings. The highest BCUT2D eigenvalue weighted by Crippen LogP contribution is 2.28. The second-order valence-electron chi connectivity index (χ2n) is 4.97. The van der Waals surface area contributed by atoms with Crippen molar-refractivity contribution in [3.63, 3.8) is 0 Å². The lowest BCUT2D eigenvalue weighted by molar-refractivity contribution is 0.102. The Kier molecular flexibility index (Phi) is 5.50. The molecule has 0 bridgehead atoms. The molecular formula is C15H17ClFN3OS. The maximum absolute atomic E-state index is 12.9. The summed E-state index contributed by atoms with van der Waals surface area (Å²) in [6, 6.07) is 5.50. The molecule has 0 unspecified atom stereocenters. The predicted molar refractivity (Wildman–Crippen MR) is 88.4 cm³/mol. The van der Waals surface area contributed by atoms with Crippen molar-refractivity contribution in [1.29, 1.82) is 0 Å². The van der Waals surface area contributed by atoms with Crippen molar-refractivity contribution in [2.45, 2.75) is 19.9 Å². The molecule has 0 atom stereocenters. The minimum atomic E-state index is -0.351. The lowest BCUT2D eigenvalue weighted by Gasteiger charge is -2.23. The third-order valence-corrected chi connectivity index (χ3v) is 4.58. The molecule has 2 heterocycles. The summed E-state index contributed by atoms with van der Waals surface area (Å²) in [6.07, 6.45) is 0.923. The van der Waals surface area contributed by atoms with Crippen LogP contribution in [-0.2, 0) is 13.0 Å². The Morgan fingerprint density at radius 2 is 2.14 bits per heavy atom. The highest BCUT2D eigenvalue weighted by atomic mass is 35.5. The molecular weight excluding hydrogens is 325 g/mol. The molecule has 0 radical (unpaired) electrons. The smallest absolute Gasteiger partial charge is 0.257 e. The zero-order chi connectivity index (χ0) is 14.8. The third-order valence-electron chi connectivity index (χ3n) is 3.58. The molecule has 22 heavy (non-hydrogen) atoms. The van der Waals surface area contributed by atoms with Gasteiger partial charge in [0, 0.05) is 30.0 Å². The normalized spacial score (nSPS) is 14.1. The average Bonchev–Trinajstić information content (AvgIpc) is 2.88. The van der Waals surface area contributed by atoms with Gasteiger partial charge in [-0.05, 0) is 30.8 Å². The Morgan fingerprint density at radius 3 is 2.82 bits per heavy atom. The van der Waals surface area contributed by atoms with Gasteiger partial charge in [0.15, 0.2) is 5.13 Å². The molecule has 118 valence electrons. The van der Waals surface area contributed by atoms with Crippen LogP contribution in [0.25, 0.3) is 0 Å². The molecule has 7 heteroatoms. The number of hydrogen-bond donors (Lipinski definition) is 1. The van der Waals surface area contributed by atoms with E-state index in [-0.39, 0.29) is 24.1 Å². The van der Waals surface area contributed by atoms with Gasteiger partial charge in [-0.25, -0.2) is 9.37 Å². The summed E-state index contributed by atoms with van der Waals surface area (Å²) in [5, 5.41) is 3.41. The lowest BCUT2D eigenvalue weighted by Crippen LogP contribution is -2.29. The maximum Gasteiger partial charge on any atom is 0.257 e. The highest BCUT2D eigenvalue weighted by molar-refractivity contribution is 7.15. The van der Waals surface area contributed by atoms with E-state index >= 15 is 0 Å². The first-order valence-electron chi connectivity index (χ1n) is 6.93. The Morgan fingerprint density at radius 1 is 1.41 bits per heavy atom. The fourth-order valence-corrected chi connectivity index (χ4v) is 3.39. The summed E-state index contributed by atoms with van der Waals surface area (Å²) in [5.41, 5.74) is 1.51. The minimum absolute atomic E-state index is 0. The van der Waals surface area contributed by atoms with Crippen LogP contribution in [0.3, 0.4) is 0 Å². The van der Waals surface area contributed by atoms with Crippen molar-refractivity contribution in [3.8, 4) is 0 Å². The molecule has 1 aliphatic rings. The number of aromatic nitrogens is 1. The van der Waals surface area contributed by atoms with Crippen LogP contribution in [0, 0.1) is 5.82 Å². The summed E-state index contributed by atoms with van der Waals surface area (Å²) in [4.78, 5) is 20.1. The zero-order valence-corrected chi connectivity index (χ0v) is 13.8. The van der Waals surface area contributed by atoms with Crippen LogP contribution in [0.5, 0.6) is 0 Å². The van der Waals surface area contributed by atoms with Gasteiger partial charge in [-0.15, -0.1) is 23.7 Å². The molecule has 1 aromatic carbocycles. The van der Waals surface area contributed by atoms with Gasteiger partial charge in [-0.1, -0.05) is 6.92 Å². The summed E-state index contributed by atoms with van der Waals surface area (Å²) in [6.45, 7) is 5.08. The first kappa shape index (κ1) is 16.9. The maximum atomic E-state index is 12.9.